The lowest BCUT2D eigenvalue weighted by molar-refractivity contribution is -0.166. The summed E-state index contributed by atoms with van der Waals surface area (Å²) in [5.74, 6) is 0.354. The van der Waals surface area contributed by atoms with Crippen LogP contribution in [-0.4, -0.2) is 40.3 Å². The molecule has 4 rings (SSSR count). The maximum atomic E-state index is 12.7. The fourth-order valence-corrected chi connectivity index (χ4v) is 3.94. The van der Waals surface area contributed by atoms with Gasteiger partial charge in [0.2, 0.25) is 5.91 Å². The van der Waals surface area contributed by atoms with Crippen molar-refractivity contribution in [3.8, 4) is 0 Å². The molecule has 2 saturated heterocycles. The Kier molecular flexibility index (Phi) is 4.07. The van der Waals surface area contributed by atoms with Crippen molar-refractivity contribution in [1.29, 1.82) is 0 Å². The van der Waals surface area contributed by atoms with Crippen LogP contribution >= 0.6 is 0 Å². The van der Waals surface area contributed by atoms with Gasteiger partial charge in [-0.05, 0) is 43.1 Å². The lowest BCUT2D eigenvalue weighted by Gasteiger charge is -2.52. The number of carbonyl (C=O) groups excluding carboxylic acids is 1. The minimum absolute atomic E-state index is 0.0831. The first-order valence-corrected chi connectivity index (χ1v) is 8.70. The molecule has 1 spiro atoms. The van der Waals surface area contributed by atoms with E-state index in [4.69, 9.17) is 0 Å². The van der Waals surface area contributed by atoms with Crippen LogP contribution in [0.2, 0.25) is 0 Å². The zero-order valence-corrected chi connectivity index (χ0v) is 13.9. The first kappa shape index (κ1) is 15.3. The standard InChI is InChI=1S/C20H23N3O/c24-19-20(16-23(19)15-17-5-2-1-3-6-17)8-11-22(12-9-20)14-18-7-4-10-21-13-18/h1-7,10,13H,8-9,11-12,14-16H2. The number of benzene rings is 1. The topological polar surface area (TPSA) is 36.4 Å². The van der Waals surface area contributed by atoms with Crippen LogP contribution < -0.4 is 0 Å². The summed E-state index contributed by atoms with van der Waals surface area (Å²) < 4.78 is 0. The zero-order chi connectivity index (χ0) is 16.4. The number of aromatic nitrogens is 1. The number of likely N-dealkylation sites (tertiary alicyclic amines) is 2. The number of carbonyl (C=O) groups is 1. The molecule has 2 aliphatic rings. The van der Waals surface area contributed by atoms with E-state index in [1.807, 2.05) is 41.6 Å². The van der Waals surface area contributed by atoms with Gasteiger partial charge in [0.05, 0.1) is 5.41 Å². The van der Waals surface area contributed by atoms with Crippen LogP contribution in [0.1, 0.15) is 24.0 Å². The number of pyridine rings is 1. The molecular formula is C20H23N3O. The van der Waals surface area contributed by atoms with Crippen molar-refractivity contribution >= 4 is 5.91 Å². The smallest absolute Gasteiger partial charge is 0.231 e. The summed E-state index contributed by atoms with van der Waals surface area (Å²) in [6.45, 7) is 4.60. The van der Waals surface area contributed by atoms with Gasteiger partial charge in [-0.25, -0.2) is 0 Å². The predicted octanol–water partition coefficient (Wildman–Crippen LogP) is 2.71. The lowest BCUT2D eigenvalue weighted by atomic mass is 9.71. The Balaban J connectivity index is 1.31. The third-order valence-electron chi connectivity index (χ3n) is 5.39. The molecule has 1 aromatic carbocycles. The number of hydrogen-bond acceptors (Lipinski definition) is 3. The van der Waals surface area contributed by atoms with E-state index in [0.29, 0.717) is 5.91 Å². The van der Waals surface area contributed by atoms with Crippen molar-refractivity contribution in [2.24, 2.45) is 5.41 Å². The second-order valence-corrected chi connectivity index (χ2v) is 7.06. The normalized spacial score (nSPS) is 20.2. The van der Waals surface area contributed by atoms with Crippen LogP contribution in [0.3, 0.4) is 0 Å². The third-order valence-corrected chi connectivity index (χ3v) is 5.39. The zero-order valence-electron chi connectivity index (χ0n) is 13.9. The molecule has 1 aromatic heterocycles. The molecule has 4 heteroatoms. The number of amides is 1. The second kappa shape index (κ2) is 6.36. The average Bonchev–Trinajstić information content (AvgIpc) is 2.64. The molecule has 0 aliphatic carbocycles. The molecule has 0 unspecified atom stereocenters. The van der Waals surface area contributed by atoms with Gasteiger partial charge >= 0.3 is 0 Å². The minimum atomic E-state index is -0.0831. The van der Waals surface area contributed by atoms with E-state index in [2.05, 4.69) is 28.1 Å². The predicted molar refractivity (Wildman–Crippen MR) is 93.0 cm³/mol. The maximum absolute atomic E-state index is 12.7. The van der Waals surface area contributed by atoms with Crippen molar-refractivity contribution < 1.29 is 4.79 Å². The van der Waals surface area contributed by atoms with Crippen molar-refractivity contribution in [2.75, 3.05) is 19.6 Å². The molecule has 2 aromatic rings. The molecule has 4 nitrogen and oxygen atoms in total. The Labute approximate surface area is 143 Å². The van der Waals surface area contributed by atoms with E-state index in [0.717, 1.165) is 45.6 Å². The molecule has 0 N–H and O–H groups in total. The highest BCUT2D eigenvalue weighted by Crippen LogP contribution is 2.42. The summed E-state index contributed by atoms with van der Waals surface area (Å²) in [7, 11) is 0. The Morgan fingerprint density at radius 2 is 1.71 bits per heavy atom. The van der Waals surface area contributed by atoms with Gasteiger partial charge in [-0.15, -0.1) is 0 Å². The fraction of sp³-hybridized carbons (Fsp3) is 0.400. The van der Waals surface area contributed by atoms with Crippen LogP contribution in [0.4, 0.5) is 0 Å². The van der Waals surface area contributed by atoms with Crippen LogP contribution in [-0.2, 0) is 17.9 Å². The molecular weight excluding hydrogens is 298 g/mol. The van der Waals surface area contributed by atoms with Gasteiger partial charge in [-0.2, -0.15) is 0 Å². The van der Waals surface area contributed by atoms with Crippen molar-refractivity contribution in [3.05, 3.63) is 66.0 Å². The Hall–Kier alpha value is -2.20. The number of nitrogens with zero attached hydrogens (tertiary/aromatic N) is 3. The van der Waals surface area contributed by atoms with Gasteiger partial charge in [0.15, 0.2) is 0 Å². The summed E-state index contributed by atoms with van der Waals surface area (Å²) in [4.78, 5) is 21.3. The average molecular weight is 321 g/mol. The molecule has 0 radical (unpaired) electrons. The Morgan fingerprint density at radius 3 is 2.38 bits per heavy atom. The van der Waals surface area contributed by atoms with E-state index in [1.54, 1.807) is 0 Å². The lowest BCUT2D eigenvalue weighted by Crippen LogP contribution is -2.64. The monoisotopic (exact) mass is 321 g/mol. The number of rotatable bonds is 4. The van der Waals surface area contributed by atoms with Crippen molar-refractivity contribution in [1.82, 2.24) is 14.8 Å². The van der Waals surface area contributed by atoms with Crippen molar-refractivity contribution in [3.63, 3.8) is 0 Å². The maximum Gasteiger partial charge on any atom is 0.231 e. The van der Waals surface area contributed by atoms with Crippen LogP contribution in [0.25, 0.3) is 0 Å². The second-order valence-electron chi connectivity index (χ2n) is 7.06. The summed E-state index contributed by atoms with van der Waals surface area (Å²) >= 11 is 0. The van der Waals surface area contributed by atoms with Gasteiger partial charge in [0, 0.05) is 32.0 Å². The van der Waals surface area contributed by atoms with Crippen LogP contribution in [0.5, 0.6) is 0 Å². The fourth-order valence-electron chi connectivity index (χ4n) is 3.94. The number of β-lactam (4-membered cyclic amide) rings is 1. The van der Waals surface area contributed by atoms with E-state index >= 15 is 0 Å². The first-order valence-electron chi connectivity index (χ1n) is 8.70. The summed E-state index contributed by atoms with van der Waals surface area (Å²) in [6, 6.07) is 14.4. The summed E-state index contributed by atoms with van der Waals surface area (Å²) in [6.07, 6.45) is 5.71. The highest BCUT2D eigenvalue weighted by atomic mass is 16.2. The molecule has 2 aliphatic heterocycles. The van der Waals surface area contributed by atoms with E-state index in [-0.39, 0.29) is 5.41 Å². The van der Waals surface area contributed by atoms with E-state index < -0.39 is 0 Å². The van der Waals surface area contributed by atoms with Gasteiger partial charge in [0.25, 0.3) is 0 Å². The molecule has 24 heavy (non-hydrogen) atoms. The Morgan fingerprint density at radius 1 is 0.958 bits per heavy atom. The summed E-state index contributed by atoms with van der Waals surface area (Å²) in [5.41, 5.74) is 2.38. The molecule has 2 fully saturated rings. The highest BCUT2D eigenvalue weighted by molar-refractivity contribution is 5.88. The van der Waals surface area contributed by atoms with Gasteiger partial charge in [0.1, 0.15) is 0 Å². The first-order chi connectivity index (χ1) is 11.8. The Bertz CT molecular complexity index is 693. The highest BCUT2D eigenvalue weighted by Gasteiger charge is 2.52. The summed E-state index contributed by atoms with van der Waals surface area (Å²) in [5, 5.41) is 0. The SMILES string of the molecule is O=C1N(Cc2ccccc2)CC12CCN(Cc1cccnc1)CC2. The van der Waals surface area contributed by atoms with E-state index in [1.165, 1.54) is 11.1 Å². The van der Waals surface area contributed by atoms with Crippen LogP contribution in [0.15, 0.2) is 54.9 Å². The number of piperidine rings is 1. The van der Waals surface area contributed by atoms with E-state index in [9.17, 15) is 4.79 Å². The van der Waals surface area contributed by atoms with Crippen LogP contribution in [0, 0.1) is 5.41 Å². The molecule has 1 amide bonds. The largest absolute Gasteiger partial charge is 0.337 e. The molecule has 3 heterocycles. The number of hydrogen-bond donors (Lipinski definition) is 0. The van der Waals surface area contributed by atoms with Gasteiger partial charge in [-0.3, -0.25) is 14.7 Å². The van der Waals surface area contributed by atoms with Gasteiger partial charge < -0.3 is 4.90 Å². The molecule has 0 saturated carbocycles. The molecule has 0 bridgehead atoms. The van der Waals surface area contributed by atoms with Gasteiger partial charge in [-0.1, -0.05) is 36.4 Å². The minimum Gasteiger partial charge on any atom is -0.337 e. The molecule has 0 atom stereocenters. The quantitative estimate of drug-likeness (QED) is 0.813. The third kappa shape index (κ3) is 2.94. The van der Waals surface area contributed by atoms with Crippen molar-refractivity contribution in [2.45, 2.75) is 25.9 Å². The molecule has 124 valence electrons.